The molecule has 7 rings (SSSR count). The summed E-state index contributed by atoms with van der Waals surface area (Å²) in [5, 5.41) is 24.8. The molecule has 2 aliphatic heterocycles. The number of allylic oxidation sites excluding steroid dienone is 1. The lowest BCUT2D eigenvalue weighted by molar-refractivity contribution is -0.172. The maximum Gasteiger partial charge on any atom is 0.312 e. The molecule has 0 aliphatic carbocycles. The highest BCUT2D eigenvalue weighted by atomic mass is 16.6. The number of carboxylic acid groups (broad SMARTS) is 1. The van der Waals surface area contributed by atoms with E-state index < -0.39 is 94.1 Å². The SMILES string of the molecule is C=C1C(C)C(C(CC(C)(CC(C)(CC(C)(CC(C)(CC(C)(CC)C(=O)OCC2CO2)C(=O)OCCO)C(=O)O)C(=O)OC)C(=O)OCc2c3ccccc3cc3ccccc23)c2ccccc2)C(=O)N1c1ccccc1. The Morgan fingerprint density at radius 1 is 0.697 bits per heavy atom. The molecule has 9 unspecified atom stereocenters. The minimum absolute atomic E-state index is 0.0170. The Bertz CT molecular complexity index is 2900. The molecule has 9 atom stereocenters. The number of ether oxygens (including phenoxy) is 5. The van der Waals surface area contributed by atoms with Crippen LogP contribution in [0.3, 0.4) is 0 Å². The van der Waals surface area contributed by atoms with E-state index in [2.05, 4.69) is 12.6 Å². The van der Waals surface area contributed by atoms with Gasteiger partial charge >= 0.3 is 29.8 Å². The van der Waals surface area contributed by atoms with E-state index in [1.54, 1.807) is 32.6 Å². The second kappa shape index (κ2) is 23.1. The Balaban J connectivity index is 1.33. The van der Waals surface area contributed by atoms with Crippen LogP contribution in [0.15, 0.2) is 128 Å². The van der Waals surface area contributed by atoms with Gasteiger partial charge < -0.3 is 33.9 Å². The molecule has 0 saturated carbocycles. The molecular formula is C62H73NO13. The highest BCUT2D eigenvalue weighted by Gasteiger charge is 2.57. The maximum absolute atomic E-state index is 15.7. The number of aliphatic carboxylic acids is 1. The van der Waals surface area contributed by atoms with Crippen LogP contribution in [0.25, 0.3) is 21.5 Å². The molecule has 404 valence electrons. The number of carbonyl (C=O) groups is 6. The number of hydrogen-bond donors (Lipinski definition) is 2. The van der Waals surface area contributed by atoms with Gasteiger partial charge in [-0.1, -0.05) is 117 Å². The maximum atomic E-state index is 15.7. The minimum atomic E-state index is -1.95. The van der Waals surface area contributed by atoms with Crippen LogP contribution < -0.4 is 4.90 Å². The number of methoxy groups -OCH3 is 1. The number of anilines is 1. The van der Waals surface area contributed by atoms with Gasteiger partial charge in [0.05, 0.1) is 53.3 Å². The van der Waals surface area contributed by atoms with Gasteiger partial charge in [-0.15, -0.1) is 0 Å². The van der Waals surface area contributed by atoms with Crippen molar-refractivity contribution >= 4 is 63.0 Å². The molecule has 1 amide bonds. The largest absolute Gasteiger partial charge is 0.481 e. The number of carbonyl (C=O) groups excluding carboxylic acids is 5. The average Bonchev–Trinajstić information content (AvgIpc) is 4.22. The highest BCUT2D eigenvalue weighted by molar-refractivity contribution is 6.03. The fourth-order valence-corrected chi connectivity index (χ4v) is 12.2. The molecule has 0 bridgehead atoms. The van der Waals surface area contributed by atoms with Gasteiger partial charge in [-0.05, 0) is 124 Å². The van der Waals surface area contributed by atoms with Gasteiger partial charge in [-0.3, -0.25) is 33.7 Å². The molecule has 0 aromatic heterocycles. The van der Waals surface area contributed by atoms with Crippen molar-refractivity contribution in [2.75, 3.05) is 38.4 Å². The smallest absolute Gasteiger partial charge is 0.312 e. The van der Waals surface area contributed by atoms with Crippen LogP contribution in [0, 0.1) is 38.9 Å². The second-order valence-corrected chi connectivity index (χ2v) is 22.5. The Labute approximate surface area is 445 Å². The van der Waals surface area contributed by atoms with Crippen molar-refractivity contribution in [3.63, 3.8) is 0 Å². The van der Waals surface area contributed by atoms with Crippen LogP contribution in [0.2, 0.25) is 0 Å². The monoisotopic (exact) mass is 1040 g/mol. The van der Waals surface area contributed by atoms with Crippen LogP contribution >= 0.6 is 0 Å². The van der Waals surface area contributed by atoms with Crippen molar-refractivity contribution in [2.45, 2.75) is 106 Å². The van der Waals surface area contributed by atoms with Gasteiger partial charge in [0.15, 0.2) is 0 Å². The van der Waals surface area contributed by atoms with Crippen LogP contribution in [-0.4, -0.2) is 85.6 Å². The van der Waals surface area contributed by atoms with Crippen LogP contribution in [0.4, 0.5) is 5.69 Å². The predicted molar refractivity (Wildman–Crippen MR) is 288 cm³/mol. The zero-order valence-electron chi connectivity index (χ0n) is 45.1. The van der Waals surface area contributed by atoms with Crippen molar-refractivity contribution < 1.29 is 62.7 Å². The topological polar surface area (TPSA) is 196 Å². The number of hydrogen-bond acceptors (Lipinski definition) is 12. The van der Waals surface area contributed by atoms with E-state index in [4.69, 9.17) is 23.7 Å². The lowest BCUT2D eigenvalue weighted by Gasteiger charge is -2.44. The fraction of sp³-hybridized carbons (Fsp3) is 0.452. The summed E-state index contributed by atoms with van der Waals surface area (Å²) in [6, 6.07) is 36.3. The van der Waals surface area contributed by atoms with E-state index >= 15 is 9.59 Å². The molecule has 2 fully saturated rings. The lowest BCUT2D eigenvalue weighted by atomic mass is 9.58. The summed E-state index contributed by atoms with van der Waals surface area (Å²) >= 11 is 0. The summed E-state index contributed by atoms with van der Waals surface area (Å²) in [6.45, 7) is 15.3. The molecular weight excluding hydrogens is 967 g/mol. The third-order valence-corrected chi connectivity index (χ3v) is 16.1. The summed E-state index contributed by atoms with van der Waals surface area (Å²) in [5.41, 5.74) is -5.70. The predicted octanol–water partition coefficient (Wildman–Crippen LogP) is 10.8. The number of rotatable bonds is 25. The summed E-state index contributed by atoms with van der Waals surface area (Å²) in [7, 11) is 1.19. The third-order valence-electron chi connectivity index (χ3n) is 16.1. The van der Waals surface area contributed by atoms with E-state index in [0.717, 1.165) is 32.7 Å². The van der Waals surface area contributed by atoms with E-state index in [-0.39, 0.29) is 57.5 Å². The second-order valence-electron chi connectivity index (χ2n) is 22.5. The lowest BCUT2D eigenvalue weighted by Crippen LogP contribution is -2.49. The third kappa shape index (κ3) is 12.0. The number of nitrogens with zero attached hydrogens (tertiary/aromatic N) is 1. The molecule has 5 aromatic rings. The molecule has 0 radical (unpaired) electrons. The van der Waals surface area contributed by atoms with Crippen molar-refractivity contribution in [3.8, 4) is 0 Å². The standard InChI is InChI=1S/C62H73NO13/c1-10-58(4,55(69)75-34-46-33-74-46)36-62(8,57(71)73-30-29-64)39-60(6,53(66)67)38-61(7,54(68)72-9)37-59(5,56(70)76-35-50-47-27-19-17-23-43(47)31-44-24-18-20-28-48(44)50)32-49(42-21-13-11-14-22-42)51-40(2)41(3)63(52(51)65)45-25-15-12-16-26-45/h11-28,31,40,46,49,51,64H,3,10,29-30,32-39H2,1-2,4-9H3,(H,66,67). The van der Waals surface area contributed by atoms with Gasteiger partial charge in [0.25, 0.3) is 0 Å². The number of para-hydroxylation sites is 1. The first-order valence-electron chi connectivity index (χ1n) is 26.1. The van der Waals surface area contributed by atoms with Gasteiger partial charge in [0.2, 0.25) is 5.91 Å². The molecule has 14 heteroatoms. The van der Waals surface area contributed by atoms with E-state index in [1.165, 1.54) is 21.0 Å². The number of esters is 4. The molecule has 5 aromatic carbocycles. The Kier molecular flexibility index (Phi) is 17.3. The minimum Gasteiger partial charge on any atom is -0.481 e. The quantitative estimate of drug-likeness (QED) is 0.0243. The zero-order chi connectivity index (χ0) is 55.2. The van der Waals surface area contributed by atoms with Gasteiger partial charge in [-0.25, -0.2) is 0 Å². The summed E-state index contributed by atoms with van der Waals surface area (Å²) in [5.74, 6) is -6.41. The zero-order valence-corrected chi connectivity index (χ0v) is 45.1. The number of aliphatic hydroxyl groups is 1. The fourth-order valence-electron chi connectivity index (χ4n) is 12.2. The normalized spacial score (nSPS) is 20.8. The molecule has 2 saturated heterocycles. The summed E-state index contributed by atoms with van der Waals surface area (Å²) < 4.78 is 28.5. The molecule has 2 heterocycles. The molecule has 2 N–H and O–H groups in total. The first-order valence-corrected chi connectivity index (χ1v) is 26.1. The number of epoxide rings is 1. The Hall–Kier alpha value is -6.90. The van der Waals surface area contributed by atoms with E-state index in [0.29, 0.717) is 18.0 Å². The van der Waals surface area contributed by atoms with Crippen molar-refractivity contribution in [1.29, 1.82) is 0 Å². The first-order chi connectivity index (χ1) is 36.1. The van der Waals surface area contributed by atoms with E-state index in [9.17, 15) is 29.4 Å². The van der Waals surface area contributed by atoms with Gasteiger partial charge in [0.1, 0.15) is 25.9 Å². The number of carboxylic acids is 1. The molecule has 0 spiro atoms. The molecule has 2 aliphatic rings. The van der Waals surface area contributed by atoms with E-state index in [1.807, 2.05) is 116 Å². The van der Waals surface area contributed by atoms with Crippen LogP contribution in [-0.2, 0) is 59.1 Å². The number of amides is 1. The van der Waals surface area contributed by atoms with Crippen molar-refractivity contribution in [1.82, 2.24) is 0 Å². The molecule has 14 nitrogen and oxygen atoms in total. The van der Waals surface area contributed by atoms with Gasteiger partial charge in [0, 0.05) is 22.9 Å². The van der Waals surface area contributed by atoms with Crippen LogP contribution in [0.1, 0.15) is 104 Å². The van der Waals surface area contributed by atoms with Crippen molar-refractivity contribution in [2.24, 2.45) is 38.9 Å². The summed E-state index contributed by atoms with van der Waals surface area (Å²) in [6.07, 6.45) is -1.54. The van der Waals surface area contributed by atoms with Crippen LogP contribution in [0.5, 0.6) is 0 Å². The average molecular weight is 1040 g/mol. The van der Waals surface area contributed by atoms with Crippen molar-refractivity contribution in [3.05, 3.63) is 139 Å². The number of fused-ring (bicyclic) bond motifs is 2. The highest BCUT2D eigenvalue weighted by Crippen LogP contribution is 2.55. The molecule has 76 heavy (non-hydrogen) atoms. The Morgan fingerprint density at radius 2 is 1.20 bits per heavy atom. The summed E-state index contributed by atoms with van der Waals surface area (Å²) in [4.78, 5) is 89.4. The number of benzene rings is 5. The first kappa shape index (κ1) is 56.8. The number of aliphatic hydroxyl groups excluding tert-OH is 1. The van der Waals surface area contributed by atoms with Gasteiger partial charge in [-0.2, -0.15) is 0 Å². The Morgan fingerprint density at radius 3 is 1.74 bits per heavy atom.